The van der Waals surface area contributed by atoms with Gasteiger partial charge in [-0.15, -0.1) is 0 Å². The summed E-state index contributed by atoms with van der Waals surface area (Å²) in [6.45, 7) is 0. The molecule has 1 rings (SSSR count). The lowest BCUT2D eigenvalue weighted by Crippen LogP contribution is -2.66. The van der Waals surface area contributed by atoms with E-state index in [2.05, 4.69) is 4.74 Å². The summed E-state index contributed by atoms with van der Waals surface area (Å²) in [7, 11) is 4.71. The number of methoxy groups -OCH3 is 3. The summed E-state index contributed by atoms with van der Waals surface area (Å²) in [4.78, 5) is 22.9. The van der Waals surface area contributed by atoms with Crippen LogP contribution in [0.3, 0.4) is 0 Å². The molecule has 1 heterocycles. The maximum atomic E-state index is 11.7. The zero-order valence-electron chi connectivity index (χ0n) is 10.9. The van der Waals surface area contributed by atoms with E-state index < -0.39 is 35.9 Å². The largest absolute Gasteiger partial charge is 0.391 e. The van der Waals surface area contributed by atoms with Crippen LogP contribution in [0.15, 0.2) is 0 Å². The molecule has 0 aliphatic carbocycles. The van der Waals surface area contributed by atoms with E-state index >= 15 is 0 Å². The lowest BCUT2D eigenvalue weighted by atomic mass is 9.87. The topological polar surface area (TPSA) is 91.3 Å². The van der Waals surface area contributed by atoms with E-state index in [1.54, 1.807) is 0 Å². The van der Waals surface area contributed by atoms with E-state index in [4.69, 9.17) is 14.2 Å². The predicted octanol–water partition coefficient (Wildman–Crippen LogP) is -2.02. The molecule has 1 fully saturated rings. The number of hydrogen-bond acceptors (Lipinski definition) is 7. The predicted molar refractivity (Wildman–Crippen MR) is 63.0 cm³/mol. The normalized spacial score (nSPS) is 26.4. The third-order valence-corrected chi connectivity index (χ3v) is 3.95. The van der Waals surface area contributed by atoms with E-state index in [9.17, 15) is 14.7 Å². The molecule has 1 saturated heterocycles. The van der Waals surface area contributed by atoms with Gasteiger partial charge in [-0.3, -0.25) is 4.79 Å². The molecule has 2 unspecified atom stereocenters. The van der Waals surface area contributed by atoms with Gasteiger partial charge in [-0.1, -0.05) is 0 Å². The highest BCUT2D eigenvalue weighted by atomic mass is 28.1. The number of hydrogen-bond donors (Lipinski definition) is 1. The minimum absolute atomic E-state index is 0.519. The van der Waals surface area contributed by atoms with Crippen molar-refractivity contribution < 1.29 is 33.6 Å². The average Bonchev–Trinajstić information content (AvgIpc) is 2.61. The first-order chi connectivity index (χ1) is 8.41. The second kappa shape index (κ2) is 5.45. The molecule has 0 bridgehead atoms. The summed E-state index contributed by atoms with van der Waals surface area (Å²) in [5.74, 6) is -3.65. The standard InChI is InChI=1S/C10H18O7Si/c1-14-6(5-18)10(15-2,16-3)9(13)4-7(11)17-8(9)12/h6,13H,4-5H2,1-3,18H3. The van der Waals surface area contributed by atoms with Crippen LogP contribution in [0.2, 0.25) is 6.04 Å². The minimum Gasteiger partial charge on any atom is -0.391 e. The molecule has 1 aliphatic heterocycles. The zero-order valence-corrected chi connectivity index (χ0v) is 12.9. The molecule has 2 atom stereocenters. The minimum atomic E-state index is -2.20. The van der Waals surface area contributed by atoms with E-state index in [1.807, 2.05) is 0 Å². The smallest absolute Gasteiger partial charge is 0.352 e. The molecule has 1 N–H and O–H groups in total. The van der Waals surface area contributed by atoms with Crippen molar-refractivity contribution in [1.29, 1.82) is 0 Å². The van der Waals surface area contributed by atoms with E-state index in [-0.39, 0.29) is 0 Å². The lowest BCUT2D eigenvalue weighted by molar-refractivity contribution is -0.327. The van der Waals surface area contributed by atoms with Gasteiger partial charge in [-0.05, 0) is 6.04 Å². The molecular formula is C10H18O7Si. The molecule has 0 amide bonds. The molecule has 0 spiro atoms. The van der Waals surface area contributed by atoms with Crippen LogP contribution in [0.5, 0.6) is 0 Å². The molecule has 0 saturated carbocycles. The van der Waals surface area contributed by atoms with Crippen molar-refractivity contribution in [2.45, 2.75) is 30.0 Å². The Morgan fingerprint density at radius 3 is 2.28 bits per heavy atom. The van der Waals surface area contributed by atoms with Gasteiger partial charge >= 0.3 is 11.9 Å². The molecule has 104 valence electrons. The fourth-order valence-corrected chi connectivity index (χ4v) is 3.18. The maximum absolute atomic E-state index is 11.7. The van der Waals surface area contributed by atoms with E-state index in [0.29, 0.717) is 6.04 Å². The Balaban J connectivity index is 3.26. The molecule has 0 radical (unpaired) electrons. The van der Waals surface area contributed by atoms with Crippen molar-refractivity contribution in [3.63, 3.8) is 0 Å². The van der Waals surface area contributed by atoms with Crippen molar-refractivity contribution in [1.82, 2.24) is 0 Å². The van der Waals surface area contributed by atoms with Crippen LogP contribution < -0.4 is 0 Å². The van der Waals surface area contributed by atoms with Crippen molar-refractivity contribution >= 4 is 22.2 Å². The number of aliphatic hydroxyl groups is 1. The van der Waals surface area contributed by atoms with Gasteiger partial charge in [-0.25, -0.2) is 4.79 Å². The van der Waals surface area contributed by atoms with Gasteiger partial charge in [0.05, 0.1) is 6.42 Å². The number of ether oxygens (including phenoxy) is 4. The SMILES string of the molecule is COC(C[SiH3])C(OC)(OC)C1(O)CC(=O)OC1=O. The zero-order chi connectivity index (χ0) is 14.0. The Hall–Kier alpha value is -0.803. The summed E-state index contributed by atoms with van der Waals surface area (Å²) in [5, 5.41) is 10.5. The Kier molecular flexibility index (Phi) is 4.62. The molecule has 0 aromatic heterocycles. The summed E-state index contributed by atoms with van der Waals surface area (Å²) in [6.07, 6.45) is -1.20. The van der Waals surface area contributed by atoms with Crippen LogP contribution in [0.1, 0.15) is 6.42 Å². The van der Waals surface area contributed by atoms with Crippen LogP contribution in [0.25, 0.3) is 0 Å². The highest BCUT2D eigenvalue weighted by Crippen LogP contribution is 2.40. The van der Waals surface area contributed by atoms with Crippen LogP contribution >= 0.6 is 0 Å². The summed E-state index contributed by atoms with van der Waals surface area (Å²) in [6, 6.07) is 0.544. The second-order valence-corrected chi connectivity index (χ2v) is 4.82. The lowest BCUT2D eigenvalue weighted by Gasteiger charge is -2.43. The van der Waals surface area contributed by atoms with Crippen molar-refractivity contribution in [3.8, 4) is 0 Å². The van der Waals surface area contributed by atoms with E-state index in [0.717, 1.165) is 10.2 Å². The van der Waals surface area contributed by atoms with Crippen LogP contribution in [-0.4, -0.2) is 66.1 Å². The fraction of sp³-hybridized carbons (Fsp3) is 0.800. The third kappa shape index (κ3) is 1.99. The molecule has 0 aromatic carbocycles. The van der Waals surface area contributed by atoms with Crippen LogP contribution in [0.4, 0.5) is 0 Å². The van der Waals surface area contributed by atoms with Gasteiger partial charge in [0.25, 0.3) is 0 Å². The highest BCUT2D eigenvalue weighted by molar-refractivity contribution is 6.09. The molecule has 7 nitrogen and oxygen atoms in total. The van der Waals surface area contributed by atoms with Gasteiger partial charge < -0.3 is 24.1 Å². The van der Waals surface area contributed by atoms with Gasteiger partial charge in [0.2, 0.25) is 11.4 Å². The Labute approximate surface area is 108 Å². The highest BCUT2D eigenvalue weighted by Gasteiger charge is 2.67. The third-order valence-electron chi connectivity index (χ3n) is 3.21. The number of carbonyl (C=O) groups excluding carboxylic acids is 2. The summed E-state index contributed by atoms with van der Waals surface area (Å²) >= 11 is 0. The van der Waals surface area contributed by atoms with Gasteiger partial charge in [0, 0.05) is 31.6 Å². The molecule has 18 heavy (non-hydrogen) atoms. The van der Waals surface area contributed by atoms with Crippen molar-refractivity contribution in [3.05, 3.63) is 0 Å². The first kappa shape index (κ1) is 15.3. The van der Waals surface area contributed by atoms with Crippen molar-refractivity contribution in [2.24, 2.45) is 0 Å². The van der Waals surface area contributed by atoms with Gasteiger partial charge in [-0.2, -0.15) is 0 Å². The van der Waals surface area contributed by atoms with Crippen molar-refractivity contribution in [2.75, 3.05) is 21.3 Å². The fourth-order valence-electron chi connectivity index (χ4n) is 2.31. The Bertz CT molecular complexity index is 337. The number of cyclic esters (lactones) is 2. The first-order valence-electron chi connectivity index (χ1n) is 5.52. The second-order valence-electron chi connectivity index (χ2n) is 4.01. The van der Waals surface area contributed by atoms with Crippen LogP contribution in [0, 0.1) is 0 Å². The molecular weight excluding hydrogens is 260 g/mol. The Morgan fingerprint density at radius 2 is 2.00 bits per heavy atom. The number of rotatable bonds is 6. The van der Waals surface area contributed by atoms with E-state index in [1.165, 1.54) is 21.3 Å². The average molecular weight is 278 g/mol. The first-order valence-corrected chi connectivity index (χ1v) is 6.93. The summed E-state index contributed by atoms with van der Waals surface area (Å²) in [5.41, 5.74) is -2.20. The summed E-state index contributed by atoms with van der Waals surface area (Å²) < 4.78 is 20.0. The molecule has 0 aromatic rings. The van der Waals surface area contributed by atoms with Gasteiger partial charge in [0.1, 0.15) is 6.10 Å². The van der Waals surface area contributed by atoms with Gasteiger partial charge in [0.15, 0.2) is 0 Å². The Morgan fingerprint density at radius 1 is 1.44 bits per heavy atom. The number of carbonyl (C=O) groups is 2. The molecule has 8 heteroatoms. The van der Waals surface area contributed by atoms with Crippen LogP contribution in [-0.2, 0) is 28.5 Å². The monoisotopic (exact) mass is 278 g/mol. The molecule has 1 aliphatic rings. The number of esters is 2. The maximum Gasteiger partial charge on any atom is 0.352 e. The quantitative estimate of drug-likeness (QED) is 0.259.